The van der Waals surface area contributed by atoms with E-state index in [1.165, 1.54) is 6.42 Å². The first-order valence-corrected chi connectivity index (χ1v) is 5.00. The summed E-state index contributed by atoms with van der Waals surface area (Å²) < 4.78 is 0. The number of carbonyl (C=O) groups is 1. The topological polar surface area (TPSA) is 40.5 Å². The number of rotatable bonds is 6. The van der Waals surface area contributed by atoms with Crippen molar-refractivity contribution in [3.05, 3.63) is 0 Å². The Balaban J connectivity index is 1.98. The second-order valence-corrected chi connectivity index (χ2v) is 4.23. The Morgan fingerprint density at radius 3 is 2.69 bits per heavy atom. The number of hydrogen-bond donors (Lipinski definition) is 1. The van der Waals surface area contributed by atoms with Crippen molar-refractivity contribution < 1.29 is 9.90 Å². The minimum atomic E-state index is -0.687. The molecule has 1 saturated carbocycles. The molecule has 1 aliphatic rings. The third kappa shape index (κ3) is 4.27. The van der Waals surface area contributed by atoms with Gasteiger partial charge >= 0.3 is 5.97 Å². The highest BCUT2D eigenvalue weighted by Crippen LogP contribution is 2.37. The van der Waals surface area contributed by atoms with E-state index in [1.54, 1.807) is 0 Å². The summed E-state index contributed by atoms with van der Waals surface area (Å²) in [5, 5.41) is 8.44. The van der Waals surface area contributed by atoms with E-state index < -0.39 is 5.97 Å². The van der Waals surface area contributed by atoms with E-state index in [-0.39, 0.29) is 0 Å². The van der Waals surface area contributed by atoms with E-state index in [0.29, 0.717) is 6.42 Å². The predicted molar refractivity (Wildman–Crippen MR) is 51.6 cm³/mol. The maximum atomic E-state index is 10.2. The van der Waals surface area contributed by atoms with Gasteiger partial charge in [0, 0.05) is 13.0 Å². The molecule has 0 aromatic carbocycles. The first-order valence-electron chi connectivity index (χ1n) is 5.00. The Hall–Kier alpha value is -0.570. The van der Waals surface area contributed by atoms with Crippen molar-refractivity contribution in [2.45, 2.75) is 26.2 Å². The van der Waals surface area contributed by atoms with Gasteiger partial charge in [-0.2, -0.15) is 0 Å². The summed E-state index contributed by atoms with van der Waals surface area (Å²) in [6.45, 7) is 4.33. The average Bonchev–Trinajstić information content (AvgIpc) is 2.65. The fraction of sp³-hybridized carbons (Fsp3) is 0.900. The molecule has 1 aliphatic carbocycles. The minimum Gasteiger partial charge on any atom is -0.481 e. The van der Waals surface area contributed by atoms with Crippen molar-refractivity contribution in [3.8, 4) is 0 Å². The van der Waals surface area contributed by atoms with Gasteiger partial charge in [0.15, 0.2) is 0 Å². The van der Waals surface area contributed by atoms with Gasteiger partial charge in [0.05, 0.1) is 0 Å². The van der Waals surface area contributed by atoms with Crippen LogP contribution in [0.25, 0.3) is 0 Å². The molecular weight excluding hydrogens is 166 g/mol. The van der Waals surface area contributed by atoms with Crippen molar-refractivity contribution in [1.82, 2.24) is 4.90 Å². The molecule has 1 rings (SSSR count). The summed E-state index contributed by atoms with van der Waals surface area (Å²) in [7, 11) is 2.08. The van der Waals surface area contributed by atoms with E-state index in [2.05, 4.69) is 18.9 Å². The van der Waals surface area contributed by atoms with Gasteiger partial charge in [-0.1, -0.05) is 6.92 Å². The lowest BCUT2D eigenvalue weighted by molar-refractivity contribution is -0.137. The van der Waals surface area contributed by atoms with E-state index in [4.69, 9.17) is 5.11 Å². The van der Waals surface area contributed by atoms with Gasteiger partial charge in [-0.25, -0.2) is 0 Å². The van der Waals surface area contributed by atoms with Gasteiger partial charge in [0.25, 0.3) is 0 Å². The van der Waals surface area contributed by atoms with E-state index in [0.717, 1.165) is 31.3 Å². The summed E-state index contributed by atoms with van der Waals surface area (Å²) in [5.74, 6) is 1.07. The van der Waals surface area contributed by atoms with Crippen LogP contribution in [0.15, 0.2) is 0 Å². The first kappa shape index (κ1) is 10.5. The van der Waals surface area contributed by atoms with Crippen LogP contribution in [0.2, 0.25) is 0 Å². The fourth-order valence-electron chi connectivity index (χ4n) is 1.65. The molecule has 0 saturated heterocycles. The van der Waals surface area contributed by atoms with Gasteiger partial charge in [-0.3, -0.25) is 4.79 Å². The number of carboxylic acid groups (broad SMARTS) is 1. The molecule has 0 heterocycles. The van der Waals surface area contributed by atoms with Crippen LogP contribution in [0, 0.1) is 11.8 Å². The lowest BCUT2D eigenvalue weighted by atomic mass is 10.2. The normalized spacial score (nSPS) is 26.4. The van der Waals surface area contributed by atoms with Gasteiger partial charge in [0.2, 0.25) is 0 Å². The molecule has 0 amide bonds. The largest absolute Gasteiger partial charge is 0.481 e. The monoisotopic (exact) mass is 185 g/mol. The average molecular weight is 185 g/mol. The van der Waals surface area contributed by atoms with Crippen molar-refractivity contribution in [2.75, 3.05) is 20.1 Å². The van der Waals surface area contributed by atoms with E-state index >= 15 is 0 Å². The molecule has 13 heavy (non-hydrogen) atoms. The van der Waals surface area contributed by atoms with Crippen LogP contribution in [0.5, 0.6) is 0 Å². The number of aliphatic carboxylic acids is 1. The standard InChI is InChI=1S/C10H19NO2/c1-8-6-9(8)7-11(2)5-3-4-10(12)13/h8-9H,3-7H2,1-2H3,(H,12,13). The lowest BCUT2D eigenvalue weighted by Crippen LogP contribution is -2.23. The minimum absolute atomic E-state index is 0.296. The molecule has 1 fully saturated rings. The third-order valence-corrected chi connectivity index (χ3v) is 2.75. The molecule has 0 spiro atoms. The van der Waals surface area contributed by atoms with Crippen molar-refractivity contribution in [2.24, 2.45) is 11.8 Å². The van der Waals surface area contributed by atoms with Crippen LogP contribution in [-0.4, -0.2) is 36.1 Å². The van der Waals surface area contributed by atoms with E-state index in [9.17, 15) is 4.79 Å². The van der Waals surface area contributed by atoms with Crippen LogP contribution in [0.3, 0.4) is 0 Å². The zero-order valence-corrected chi connectivity index (χ0v) is 8.49. The molecule has 2 atom stereocenters. The number of carboxylic acids is 1. The molecule has 3 nitrogen and oxygen atoms in total. The zero-order valence-electron chi connectivity index (χ0n) is 8.49. The van der Waals surface area contributed by atoms with Crippen molar-refractivity contribution in [1.29, 1.82) is 0 Å². The maximum Gasteiger partial charge on any atom is 0.303 e. The Kier molecular flexibility index (Phi) is 3.72. The first-order chi connectivity index (χ1) is 6.09. The highest BCUT2D eigenvalue weighted by molar-refractivity contribution is 5.66. The summed E-state index contributed by atoms with van der Waals surface area (Å²) in [6, 6.07) is 0. The molecule has 0 aromatic rings. The highest BCUT2D eigenvalue weighted by atomic mass is 16.4. The maximum absolute atomic E-state index is 10.2. The molecule has 0 aromatic heterocycles. The molecule has 0 aliphatic heterocycles. The van der Waals surface area contributed by atoms with E-state index in [1.807, 2.05) is 0 Å². The van der Waals surface area contributed by atoms with Gasteiger partial charge in [-0.15, -0.1) is 0 Å². The van der Waals surface area contributed by atoms with Crippen molar-refractivity contribution >= 4 is 5.97 Å². The summed E-state index contributed by atoms with van der Waals surface area (Å²) in [5.41, 5.74) is 0. The lowest BCUT2D eigenvalue weighted by Gasteiger charge is -2.15. The Morgan fingerprint density at radius 1 is 1.62 bits per heavy atom. The smallest absolute Gasteiger partial charge is 0.303 e. The van der Waals surface area contributed by atoms with Crippen LogP contribution in [-0.2, 0) is 4.79 Å². The molecule has 3 heteroatoms. The fourth-order valence-corrected chi connectivity index (χ4v) is 1.65. The molecular formula is C10H19NO2. The van der Waals surface area contributed by atoms with Crippen molar-refractivity contribution in [3.63, 3.8) is 0 Å². The van der Waals surface area contributed by atoms with Crippen LogP contribution in [0.1, 0.15) is 26.2 Å². The van der Waals surface area contributed by atoms with Crippen LogP contribution in [0.4, 0.5) is 0 Å². The van der Waals surface area contributed by atoms with Gasteiger partial charge < -0.3 is 10.0 Å². The molecule has 2 unspecified atom stereocenters. The summed E-state index contributed by atoms with van der Waals surface area (Å²) in [6.07, 6.45) is 2.42. The summed E-state index contributed by atoms with van der Waals surface area (Å²) >= 11 is 0. The van der Waals surface area contributed by atoms with Gasteiger partial charge in [0.1, 0.15) is 0 Å². The zero-order chi connectivity index (χ0) is 9.84. The second kappa shape index (κ2) is 4.61. The molecule has 0 bridgehead atoms. The highest BCUT2D eigenvalue weighted by Gasteiger charge is 2.32. The number of hydrogen-bond acceptors (Lipinski definition) is 2. The quantitative estimate of drug-likeness (QED) is 0.680. The number of nitrogens with zero attached hydrogens (tertiary/aromatic N) is 1. The molecule has 1 N–H and O–H groups in total. The second-order valence-electron chi connectivity index (χ2n) is 4.23. The Bertz CT molecular complexity index is 182. The molecule has 76 valence electrons. The Morgan fingerprint density at radius 2 is 2.23 bits per heavy atom. The van der Waals surface area contributed by atoms with Crippen LogP contribution >= 0.6 is 0 Å². The SMILES string of the molecule is CC1CC1CN(C)CCCC(=O)O. The predicted octanol–water partition coefficient (Wildman–Crippen LogP) is 1.44. The van der Waals surface area contributed by atoms with Gasteiger partial charge in [-0.05, 0) is 38.3 Å². The molecule has 0 radical (unpaired) electrons. The Labute approximate surface area is 79.7 Å². The summed E-state index contributed by atoms with van der Waals surface area (Å²) in [4.78, 5) is 12.5. The van der Waals surface area contributed by atoms with Crippen LogP contribution < -0.4 is 0 Å². The third-order valence-electron chi connectivity index (χ3n) is 2.75.